The minimum absolute atomic E-state index is 0.0555. The zero-order valence-corrected chi connectivity index (χ0v) is 15.5. The van der Waals surface area contributed by atoms with Crippen molar-refractivity contribution >= 4 is 11.6 Å². The van der Waals surface area contributed by atoms with Gasteiger partial charge in [-0.1, -0.05) is 25.9 Å². The summed E-state index contributed by atoms with van der Waals surface area (Å²) in [4.78, 5) is 16.3. The Balaban J connectivity index is 1.93. The fourth-order valence-electron chi connectivity index (χ4n) is 2.33. The van der Waals surface area contributed by atoms with E-state index in [1.54, 1.807) is 0 Å². The average molecular weight is 384 g/mol. The molecule has 2 aromatic rings. The molecule has 0 fully saturated rings. The third kappa shape index (κ3) is 6.06. The second-order valence-electron chi connectivity index (χ2n) is 7.28. The largest absolute Gasteiger partial charge is 0.416 e. The van der Waals surface area contributed by atoms with Gasteiger partial charge in [0.25, 0.3) is 0 Å². The van der Waals surface area contributed by atoms with Crippen LogP contribution in [0.5, 0.6) is 0 Å². The molecule has 1 amide bonds. The van der Waals surface area contributed by atoms with Crippen LogP contribution in [0.2, 0.25) is 0 Å². The number of halogens is 3. The van der Waals surface area contributed by atoms with E-state index >= 15 is 0 Å². The van der Waals surface area contributed by atoms with Crippen LogP contribution in [0.4, 0.5) is 18.9 Å². The van der Waals surface area contributed by atoms with E-state index in [1.807, 2.05) is 20.8 Å². The molecule has 0 bridgehead atoms. The van der Waals surface area contributed by atoms with Gasteiger partial charge in [-0.05, 0) is 30.2 Å². The number of amides is 1. The number of nitrogens with one attached hydrogen (secondary N) is 1. The minimum atomic E-state index is -4.51. The van der Waals surface area contributed by atoms with Crippen LogP contribution in [0, 0.1) is 0 Å². The zero-order valence-electron chi connectivity index (χ0n) is 15.5. The van der Waals surface area contributed by atoms with Crippen LogP contribution in [0.15, 0.2) is 22.7 Å². The van der Waals surface area contributed by atoms with Gasteiger partial charge in [0, 0.05) is 30.5 Å². The maximum atomic E-state index is 12.9. The van der Waals surface area contributed by atoms with Gasteiger partial charge in [0.15, 0.2) is 5.82 Å². The van der Waals surface area contributed by atoms with Crippen molar-refractivity contribution in [1.82, 2.24) is 10.1 Å². The van der Waals surface area contributed by atoms with Crippen molar-refractivity contribution < 1.29 is 22.5 Å². The highest BCUT2D eigenvalue weighted by molar-refractivity contribution is 5.90. The van der Waals surface area contributed by atoms with Crippen LogP contribution >= 0.6 is 0 Å². The van der Waals surface area contributed by atoms with E-state index in [-0.39, 0.29) is 24.1 Å². The van der Waals surface area contributed by atoms with Crippen molar-refractivity contribution in [2.75, 3.05) is 5.32 Å². The number of carbonyl (C=O) groups excluding carboxylic acids is 1. The van der Waals surface area contributed by atoms with Gasteiger partial charge in [-0.15, -0.1) is 0 Å². The lowest BCUT2D eigenvalue weighted by Gasteiger charge is -2.12. The van der Waals surface area contributed by atoms with Crippen LogP contribution < -0.4 is 11.1 Å². The summed E-state index contributed by atoms with van der Waals surface area (Å²) in [5.74, 6) is 0.616. The number of rotatable bonds is 6. The van der Waals surface area contributed by atoms with Gasteiger partial charge in [-0.3, -0.25) is 4.79 Å². The molecule has 0 saturated heterocycles. The molecule has 0 atom stereocenters. The summed E-state index contributed by atoms with van der Waals surface area (Å²) in [5.41, 5.74) is 4.72. The number of hydrogen-bond acceptors (Lipinski definition) is 5. The Kier molecular flexibility index (Phi) is 6.25. The predicted molar refractivity (Wildman–Crippen MR) is 93.9 cm³/mol. The second kappa shape index (κ2) is 8.08. The summed E-state index contributed by atoms with van der Waals surface area (Å²) in [6.07, 6.45) is -3.55. The number of nitrogens with two attached hydrogens (primary N) is 1. The van der Waals surface area contributed by atoms with E-state index in [0.29, 0.717) is 30.1 Å². The first-order valence-corrected chi connectivity index (χ1v) is 8.53. The molecule has 0 radical (unpaired) electrons. The molecule has 2 rings (SSSR count). The van der Waals surface area contributed by atoms with Gasteiger partial charge in [0.2, 0.25) is 11.8 Å². The van der Waals surface area contributed by atoms with Crippen LogP contribution in [0.1, 0.15) is 56.5 Å². The Hall–Kier alpha value is -2.42. The van der Waals surface area contributed by atoms with Crippen molar-refractivity contribution in [3.05, 3.63) is 41.0 Å². The molecule has 0 aliphatic heterocycles. The van der Waals surface area contributed by atoms with E-state index in [9.17, 15) is 18.0 Å². The smallest absolute Gasteiger partial charge is 0.339 e. The summed E-state index contributed by atoms with van der Waals surface area (Å²) < 4.78 is 43.9. The Morgan fingerprint density at radius 1 is 1.22 bits per heavy atom. The second-order valence-corrected chi connectivity index (χ2v) is 7.28. The summed E-state index contributed by atoms with van der Waals surface area (Å²) in [6.45, 7) is 5.82. The van der Waals surface area contributed by atoms with E-state index in [0.717, 1.165) is 12.1 Å². The van der Waals surface area contributed by atoms with Crippen LogP contribution in [0.25, 0.3) is 0 Å². The lowest BCUT2D eigenvalue weighted by molar-refractivity contribution is -0.137. The summed E-state index contributed by atoms with van der Waals surface area (Å²) >= 11 is 0. The fourth-order valence-corrected chi connectivity index (χ4v) is 2.33. The molecule has 0 unspecified atom stereocenters. The first-order valence-electron chi connectivity index (χ1n) is 8.53. The number of nitrogens with zero attached hydrogens (tertiary/aromatic N) is 2. The molecular formula is C18H23F3N4O2. The maximum absolute atomic E-state index is 12.9. The van der Waals surface area contributed by atoms with Gasteiger partial charge >= 0.3 is 6.18 Å². The third-order valence-corrected chi connectivity index (χ3v) is 3.77. The first-order chi connectivity index (χ1) is 12.5. The molecule has 3 N–H and O–H groups in total. The first kappa shape index (κ1) is 20.9. The molecule has 0 spiro atoms. The standard InChI is InChI=1S/C18H23F3N4O2/c1-17(2,3)16-24-15(27-25-16)6-4-5-14(26)23-13-8-11(10-22)7-12(9-13)18(19,20)21/h7-9H,4-6,10,22H2,1-3H3,(H,23,26). The van der Waals surface area contributed by atoms with Crippen LogP contribution in [-0.2, 0) is 29.4 Å². The molecule has 0 saturated carbocycles. The van der Waals surface area contributed by atoms with Crippen LogP contribution in [-0.4, -0.2) is 16.0 Å². The van der Waals surface area contributed by atoms with Crippen LogP contribution in [0.3, 0.4) is 0 Å². The number of aryl methyl sites for hydroxylation is 1. The molecule has 9 heteroatoms. The molecule has 1 heterocycles. The van der Waals surface area contributed by atoms with Crippen molar-refractivity contribution in [2.45, 2.75) is 58.2 Å². The Bertz CT molecular complexity index is 795. The summed E-state index contributed by atoms with van der Waals surface area (Å²) in [5, 5.41) is 6.38. The molecule has 6 nitrogen and oxygen atoms in total. The highest BCUT2D eigenvalue weighted by Crippen LogP contribution is 2.32. The number of hydrogen-bond donors (Lipinski definition) is 2. The van der Waals surface area contributed by atoms with E-state index < -0.39 is 17.6 Å². The average Bonchev–Trinajstić information content (AvgIpc) is 3.03. The van der Waals surface area contributed by atoms with Crippen molar-refractivity contribution in [3.8, 4) is 0 Å². The summed E-state index contributed by atoms with van der Waals surface area (Å²) in [7, 11) is 0. The van der Waals surface area contributed by atoms with E-state index in [2.05, 4.69) is 15.5 Å². The third-order valence-electron chi connectivity index (χ3n) is 3.77. The number of aromatic nitrogens is 2. The molecule has 148 valence electrons. The van der Waals surface area contributed by atoms with Crippen molar-refractivity contribution in [2.24, 2.45) is 5.73 Å². The molecule has 0 aliphatic carbocycles. The Morgan fingerprint density at radius 3 is 2.48 bits per heavy atom. The number of alkyl halides is 3. The summed E-state index contributed by atoms with van der Waals surface area (Å²) in [6, 6.07) is 3.30. The highest BCUT2D eigenvalue weighted by atomic mass is 19.4. The van der Waals surface area contributed by atoms with E-state index in [1.165, 1.54) is 6.07 Å². The molecule has 1 aromatic carbocycles. The van der Waals surface area contributed by atoms with Gasteiger partial charge in [-0.25, -0.2) is 0 Å². The monoisotopic (exact) mass is 384 g/mol. The minimum Gasteiger partial charge on any atom is -0.339 e. The normalized spacial score (nSPS) is 12.3. The lowest BCUT2D eigenvalue weighted by Crippen LogP contribution is -2.14. The SMILES string of the molecule is CC(C)(C)c1noc(CCCC(=O)Nc2cc(CN)cc(C(F)(F)F)c2)n1. The number of benzene rings is 1. The quantitative estimate of drug-likeness (QED) is 0.790. The zero-order chi connectivity index (χ0) is 20.2. The highest BCUT2D eigenvalue weighted by Gasteiger charge is 2.31. The van der Waals surface area contributed by atoms with Crippen molar-refractivity contribution in [1.29, 1.82) is 0 Å². The molecular weight excluding hydrogens is 361 g/mol. The number of anilines is 1. The molecule has 27 heavy (non-hydrogen) atoms. The van der Waals surface area contributed by atoms with Gasteiger partial charge in [0.05, 0.1) is 5.56 Å². The van der Waals surface area contributed by atoms with Gasteiger partial charge in [-0.2, -0.15) is 18.2 Å². The Labute approximate surface area is 155 Å². The van der Waals surface area contributed by atoms with E-state index in [4.69, 9.17) is 10.3 Å². The molecule has 0 aliphatic rings. The Morgan fingerprint density at radius 2 is 1.93 bits per heavy atom. The van der Waals surface area contributed by atoms with Crippen molar-refractivity contribution in [3.63, 3.8) is 0 Å². The predicted octanol–water partition coefficient (Wildman–Crippen LogP) is 3.81. The number of carbonyl (C=O) groups is 1. The van der Waals surface area contributed by atoms with Gasteiger partial charge < -0.3 is 15.6 Å². The lowest BCUT2D eigenvalue weighted by atomic mass is 9.96. The molecule has 1 aromatic heterocycles. The fraction of sp³-hybridized carbons (Fsp3) is 0.500. The topological polar surface area (TPSA) is 94.0 Å². The maximum Gasteiger partial charge on any atom is 0.416 e. The van der Waals surface area contributed by atoms with Gasteiger partial charge in [0.1, 0.15) is 0 Å².